The van der Waals surface area contributed by atoms with Gasteiger partial charge in [-0.15, -0.1) is 0 Å². The molecule has 0 aliphatic carbocycles. The molecule has 1 fully saturated rings. The Bertz CT molecular complexity index is 1120. The van der Waals surface area contributed by atoms with E-state index >= 15 is 0 Å². The second-order valence-electron chi connectivity index (χ2n) is 8.81. The van der Waals surface area contributed by atoms with Gasteiger partial charge in [-0.05, 0) is 42.2 Å². The SMILES string of the molecule is O=C(Cc1ccccc1)NC[C@@H]1CC[C@H]2CN(C(=O)c3cccnc3)c3ccccc3CN12. The number of rotatable bonds is 5. The van der Waals surface area contributed by atoms with E-state index in [4.69, 9.17) is 0 Å². The third-order valence-electron chi connectivity index (χ3n) is 6.70. The van der Waals surface area contributed by atoms with Gasteiger partial charge in [0.25, 0.3) is 5.91 Å². The minimum atomic E-state index is -0.0167. The standard InChI is InChI=1S/C27H28N4O2/c32-26(15-20-7-2-1-3-8-20)29-17-23-12-13-24-19-31(27(33)21-10-6-14-28-16-21)25-11-5-4-9-22(25)18-30(23)24/h1-11,14,16,23-24H,12-13,15,17-19H2,(H,29,32)/t23-,24-/m0/s1. The second kappa shape index (κ2) is 9.55. The first-order valence-electron chi connectivity index (χ1n) is 11.5. The van der Waals surface area contributed by atoms with Gasteiger partial charge in [-0.3, -0.25) is 19.5 Å². The van der Waals surface area contributed by atoms with Crippen LogP contribution in [0.3, 0.4) is 0 Å². The van der Waals surface area contributed by atoms with Gasteiger partial charge in [0, 0.05) is 49.8 Å². The normalized spacial score (nSPS) is 19.9. The number of carbonyl (C=O) groups is 2. The molecule has 0 saturated carbocycles. The largest absolute Gasteiger partial charge is 0.354 e. The summed E-state index contributed by atoms with van der Waals surface area (Å²) in [5.41, 5.74) is 3.73. The smallest absolute Gasteiger partial charge is 0.259 e. The van der Waals surface area contributed by atoms with Gasteiger partial charge < -0.3 is 10.2 Å². The zero-order chi connectivity index (χ0) is 22.6. The molecule has 2 amide bonds. The Hall–Kier alpha value is -3.51. The summed E-state index contributed by atoms with van der Waals surface area (Å²) in [5, 5.41) is 3.14. The summed E-state index contributed by atoms with van der Waals surface area (Å²) < 4.78 is 0. The maximum Gasteiger partial charge on any atom is 0.259 e. The average molecular weight is 441 g/mol. The number of hydrogen-bond acceptors (Lipinski definition) is 4. The third kappa shape index (κ3) is 4.66. The van der Waals surface area contributed by atoms with Gasteiger partial charge in [-0.2, -0.15) is 0 Å². The summed E-state index contributed by atoms with van der Waals surface area (Å²) in [6.45, 7) is 2.04. The zero-order valence-corrected chi connectivity index (χ0v) is 18.6. The Morgan fingerprint density at radius 2 is 1.79 bits per heavy atom. The number of anilines is 1. The van der Waals surface area contributed by atoms with Gasteiger partial charge >= 0.3 is 0 Å². The van der Waals surface area contributed by atoms with Crippen LogP contribution in [0.1, 0.15) is 34.3 Å². The van der Waals surface area contributed by atoms with E-state index in [0.717, 1.165) is 36.2 Å². The van der Waals surface area contributed by atoms with E-state index in [-0.39, 0.29) is 23.9 Å². The monoisotopic (exact) mass is 440 g/mol. The Balaban J connectivity index is 1.31. The van der Waals surface area contributed by atoms with Gasteiger partial charge in [0.1, 0.15) is 0 Å². The fraction of sp³-hybridized carbons (Fsp3) is 0.296. The van der Waals surface area contributed by atoms with Crippen molar-refractivity contribution in [1.82, 2.24) is 15.2 Å². The van der Waals surface area contributed by atoms with E-state index in [0.29, 0.717) is 25.1 Å². The molecule has 0 radical (unpaired) electrons. The lowest BCUT2D eigenvalue weighted by molar-refractivity contribution is -0.120. The first-order valence-corrected chi connectivity index (χ1v) is 11.5. The van der Waals surface area contributed by atoms with E-state index in [1.165, 1.54) is 0 Å². The molecule has 6 heteroatoms. The zero-order valence-electron chi connectivity index (χ0n) is 18.6. The number of benzene rings is 2. The molecule has 2 aliphatic heterocycles. The summed E-state index contributed by atoms with van der Waals surface area (Å²) in [7, 11) is 0. The van der Waals surface area contributed by atoms with Crippen LogP contribution in [0.5, 0.6) is 0 Å². The van der Waals surface area contributed by atoms with Crippen molar-refractivity contribution in [2.45, 2.75) is 37.9 Å². The lowest BCUT2D eigenvalue weighted by Gasteiger charge is -2.29. The van der Waals surface area contributed by atoms with Gasteiger partial charge in [0.05, 0.1) is 12.0 Å². The first-order chi connectivity index (χ1) is 16.2. The molecule has 1 aromatic heterocycles. The van der Waals surface area contributed by atoms with Crippen LogP contribution < -0.4 is 10.2 Å². The molecule has 3 aromatic rings. The maximum atomic E-state index is 13.4. The Kier molecular flexibility index (Phi) is 6.17. The molecule has 6 nitrogen and oxygen atoms in total. The van der Waals surface area contributed by atoms with E-state index in [1.54, 1.807) is 18.5 Å². The molecular weight excluding hydrogens is 412 g/mol. The highest BCUT2D eigenvalue weighted by molar-refractivity contribution is 6.06. The summed E-state index contributed by atoms with van der Waals surface area (Å²) in [4.78, 5) is 34.4. The van der Waals surface area contributed by atoms with Crippen LogP contribution in [0.15, 0.2) is 79.1 Å². The number of para-hydroxylation sites is 1. The van der Waals surface area contributed by atoms with Crippen molar-refractivity contribution in [3.05, 3.63) is 95.8 Å². The Morgan fingerprint density at radius 3 is 2.61 bits per heavy atom. The highest BCUT2D eigenvalue weighted by atomic mass is 16.2. The highest BCUT2D eigenvalue weighted by Crippen LogP contribution is 2.35. The molecule has 5 rings (SSSR count). The maximum absolute atomic E-state index is 13.4. The number of nitrogens with one attached hydrogen (secondary N) is 1. The van der Waals surface area contributed by atoms with Crippen LogP contribution in [-0.4, -0.2) is 46.9 Å². The number of hydrogen-bond donors (Lipinski definition) is 1. The number of carbonyl (C=O) groups excluding carboxylic acids is 2. The van der Waals surface area contributed by atoms with Crippen molar-refractivity contribution < 1.29 is 9.59 Å². The Labute approximate surface area is 194 Å². The summed E-state index contributed by atoms with van der Waals surface area (Å²) in [6.07, 6.45) is 5.72. The molecule has 3 heterocycles. The fourth-order valence-electron chi connectivity index (χ4n) is 5.01. The Morgan fingerprint density at radius 1 is 0.970 bits per heavy atom. The lowest BCUT2D eigenvalue weighted by Crippen LogP contribution is -2.46. The number of nitrogens with zero attached hydrogens (tertiary/aromatic N) is 3. The van der Waals surface area contributed by atoms with Gasteiger partial charge in [0.15, 0.2) is 0 Å². The molecule has 2 aromatic carbocycles. The summed E-state index contributed by atoms with van der Waals surface area (Å²) in [6, 6.07) is 22.1. The highest BCUT2D eigenvalue weighted by Gasteiger charge is 2.39. The van der Waals surface area contributed by atoms with Crippen LogP contribution in [-0.2, 0) is 17.8 Å². The molecule has 1 saturated heterocycles. The average Bonchev–Trinajstić information content (AvgIpc) is 3.15. The molecule has 1 N–H and O–H groups in total. The van der Waals surface area contributed by atoms with Crippen LogP contribution >= 0.6 is 0 Å². The predicted octanol–water partition coefficient (Wildman–Crippen LogP) is 3.43. The molecule has 2 atom stereocenters. The van der Waals surface area contributed by atoms with E-state index in [2.05, 4.69) is 21.3 Å². The molecule has 0 bridgehead atoms. The summed E-state index contributed by atoms with van der Waals surface area (Å²) in [5.74, 6) is 0.0327. The van der Waals surface area contributed by atoms with E-state index in [9.17, 15) is 9.59 Å². The van der Waals surface area contributed by atoms with Crippen molar-refractivity contribution in [3.63, 3.8) is 0 Å². The topological polar surface area (TPSA) is 65.5 Å². The number of fused-ring (bicyclic) bond motifs is 2. The van der Waals surface area contributed by atoms with Crippen molar-refractivity contribution in [2.24, 2.45) is 0 Å². The molecule has 0 spiro atoms. The van der Waals surface area contributed by atoms with Crippen molar-refractivity contribution in [2.75, 3.05) is 18.0 Å². The summed E-state index contributed by atoms with van der Waals surface area (Å²) >= 11 is 0. The second-order valence-corrected chi connectivity index (χ2v) is 8.81. The van der Waals surface area contributed by atoms with Gasteiger partial charge in [-0.1, -0.05) is 48.5 Å². The quantitative estimate of drug-likeness (QED) is 0.660. The number of pyridine rings is 1. The molecular formula is C27H28N4O2. The molecule has 168 valence electrons. The van der Waals surface area contributed by atoms with E-state index in [1.807, 2.05) is 59.5 Å². The van der Waals surface area contributed by atoms with Crippen LogP contribution in [0, 0.1) is 0 Å². The van der Waals surface area contributed by atoms with Crippen LogP contribution in [0.2, 0.25) is 0 Å². The van der Waals surface area contributed by atoms with Gasteiger partial charge in [0.2, 0.25) is 5.91 Å². The van der Waals surface area contributed by atoms with E-state index < -0.39 is 0 Å². The number of aromatic nitrogens is 1. The first kappa shape index (κ1) is 21.3. The molecule has 2 aliphatic rings. The fourth-order valence-corrected chi connectivity index (χ4v) is 5.01. The lowest BCUT2D eigenvalue weighted by atomic mass is 10.1. The van der Waals surface area contributed by atoms with Crippen molar-refractivity contribution in [3.8, 4) is 0 Å². The number of amides is 2. The van der Waals surface area contributed by atoms with Crippen LogP contribution in [0.25, 0.3) is 0 Å². The van der Waals surface area contributed by atoms with Crippen LogP contribution in [0.4, 0.5) is 5.69 Å². The van der Waals surface area contributed by atoms with Crippen molar-refractivity contribution >= 4 is 17.5 Å². The minimum Gasteiger partial charge on any atom is -0.354 e. The molecule has 33 heavy (non-hydrogen) atoms. The minimum absolute atomic E-state index is 0.0167. The molecule has 0 unspecified atom stereocenters. The predicted molar refractivity (Wildman–Crippen MR) is 128 cm³/mol. The third-order valence-corrected chi connectivity index (χ3v) is 6.70. The van der Waals surface area contributed by atoms with Gasteiger partial charge in [-0.25, -0.2) is 0 Å². The van der Waals surface area contributed by atoms with Crippen molar-refractivity contribution in [1.29, 1.82) is 0 Å².